The van der Waals surface area contributed by atoms with Gasteiger partial charge in [0.1, 0.15) is 17.5 Å². The fourth-order valence-corrected chi connectivity index (χ4v) is 3.54. The predicted octanol–water partition coefficient (Wildman–Crippen LogP) is 4.46. The van der Waals surface area contributed by atoms with Crippen molar-refractivity contribution in [2.45, 2.75) is 51.9 Å². The van der Waals surface area contributed by atoms with Gasteiger partial charge in [-0.25, -0.2) is 4.98 Å². The first kappa shape index (κ1) is 24.3. The summed E-state index contributed by atoms with van der Waals surface area (Å²) in [5.74, 6) is 0.396. The molecule has 1 aromatic heterocycles. The summed E-state index contributed by atoms with van der Waals surface area (Å²) >= 11 is 0. The molecule has 1 heterocycles. The lowest BCUT2D eigenvalue weighted by Crippen LogP contribution is -2.65. The lowest BCUT2D eigenvalue weighted by atomic mass is 9.56. The summed E-state index contributed by atoms with van der Waals surface area (Å²) < 4.78 is 45.4. The summed E-state index contributed by atoms with van der Waals surface area (Å²) in [7, 11) is 1.66. The van der Waals surface area contributed by atoms with Crippen molar-refractivity contribution in [3.05, 3.63) is 35.1 Å². The Labute approximate surface area is 179 Å². The van der Waals surface area contributed by atoms with Gasteiger partial charge < -0.3 is 20.8 Å². The van der Waals surface area contributed by atoms with E-state index in [1.165, 1.54) is 19.2 Å². The smallest absolute Gasteiger partial charge is 0.378 e. The molecule has 2 rings (SSSR count). The molecule has 1 aliphatic carbocycles. The molecule has 0 saturated heterocycles. The molecular weight excluding hydrogens is 409 g/mol. The van der Waals surface area contributed by atoms with Crippen LogP contribution in [0.1, 0.15) is 39.7 Å². The lowest BCUT2D eigenvalue weighted by molar-refractivity contribution is -0.166. The second-order valence-corrected chi connectivity index (χ2v) is 8.04. The van der Waals surface area contributed by atoms with Crippen LogP contribution in [0.3, 0.4) is 0 Å². The quantitative estimate of drug-likeness (QED) is 0.410. The first-order chi connectivity index (χ1) is 14.4. The van der Waals surface area contributed by atoms with Gasteiger partial charge in [0, 0.05) is 31.3 Å². The Morgan fingerprint density at radius 2 is 2.10 bits per heavy atom. The van der Waals surface area contributed by atoms with Gasteiger partial charge in [0.15, 0.2) is 0 Å². The molecule has 0 amide bonds. The van der Waals surface area contributed by atoms with E-state index in [1.54, 1.807) is 7.11 Å². The molecule has 3 N–H and O–H groups in total. The van der Waals surface area contributed by atoms with Crippen LogP contribution < -0.4 is 10.6 Å². The first-order valence-electron chi connectivity index (χ1n) is 9.69. The predicted molar refractivity (Wildman–Crippen MR) is 113 cm³/mol. The zero-order valence-corrected chi connectivity index (χ0v) is 18.2. The third-order valence-electron chi connectivity index (χ3n) is 6.19. The van der Waals surface area contributed by atoms with Crippen molar-refractivity contribution >= 4 is 18.0 Å². The maximum atomic E-state index is 13.3. The van der Waals surface area contributed by atoms with Gasteiger partial charge in [-0.2, -0.15) is 23.4 Å². The van der Waals surface area contributed by atoms with Crippen molar-refractivity contribution in [3.63, 3.8) is 0 Å². The van der Waals surface area contributed by atoms with Crippen LogP contribution in [0.15, 0.2) is 29.5 Å². The van der Waals surface area contributed by atoms with Gasteiger partial charge in [-0.05, 0) is 31.9 Å². The van der Waals surface area contributed by atoms with E-state index in [0.29, 0.717) is 24.5 Å². The fraction of sp³-hybridized carbons (Fsp3) is 0.524. The molecule has 0 radical (unpaired) electrons. The average Bonchev–Trinajstić information content (AvgIpc) is 2.72. The van der Waals surface area contributed by atoms with Gasteiger partial charge in [0.25, 0.3) is 0 Å². The van der Waals surface area contributed by atoms with E-state index in [1.807, 2.05) is 13.0 Å². The topological polar surface area (TPSA) is 107 Å². The summed E-state index contributed by atoms with van der Waals surface area (Å²) in [6.45, 7) is 7.41. The molecule has 1 aromatic rings. The Balaban J connectivity index is 2.21. The monoisotopic (exact) mass is 436 g/mol. The van der Waals surface area contributed by atoms with E-state index in [9.17, 15) is 18.4 Å². The number of ether oxygens (including phenoxy) is 1. The van der Waals surface area contributed by atoms with Crippen LogP contribution in [0, 0.1) is 22.2 Å². The summed E-state index contributed by atoms with van der Waals surface area (Å²) in [5, 5.41) is 22.4. The van der Waals surface area contributed by atoms with E-state index in [4.69, 9.17) is 10.1 Å². The van der Waals surface area contributed by atoms with Gasteiger partial charge in [-0.15, -0.1) is 0 Å². The third-order valence-corrected chi connectivity index (χ3v) is 6.19. The number of allylic oxidation sites excluding steroid dienone is 2. The zero-order chi connectivity index (χ0) is 23.4. The Bertz CT molecular complexity index is 932. The van der Waals surface area contributed by atoms with Crippen LogP contribution >= 0.6 is 0 Å². The molecule has 2 atom stereocenters. The summed E-state index contributed by atoms with van der Waals surface area (Å²) in [6, 6.07) is 2.02. The Kier molecular flexibility index (Phi) is 7.11. The summed E-state index contributed by atoms with van der Waals surface area (Å²) in [4.78, 5) is 8.34. The van der Waals surface area contributed by atoms with E-state index in [-0.39, 0.29) is 40.7 Å². The Morgan fingerprint density at radius 1 is 1.42 bits per heavy atom. The average molecular weight is 436 g/mol. The highest BCUT2D eigenvalue weighted by Crippen LogP contribution is 2.52. The van der Waals surface area contributed by atoms with Crippen molar-refractivity contribution in [1.82, 2.24) is 9.97 Å². The molecule has 7 nitrogen and oxygen atoms in total. The third kappa shape index (κ3) is 4.88. The standard InChI is InChI=1S/C21H27F3N6O/c1-6-13(15(7-8-25)21(22,23)24)11-27-18-28-12-14(10-26)17(30-18)29-16-9-20(4,31-5)19(16,2)3/h6-8,12,16,25H,9,11H2,1-5H3,(H2,27,28,29,30)/b13-6-,15-7+,25-8?. The van der Waals surface area contributed by atoms with Crippen LogP contribution in [-0.2, 0) is 4.74 Å². The van der Waals surface area contributed by atoms with Crippen LogP contribution in [0.25, 0.3) is 0 Å². The first-order valence-corrected chi connectivity index (χ1v) is 9.69. The number of rotatable bonds is 8. The highest BCUT2D eigenvalue weighted by atomic mass is 19.4. The second kappa shape index (κ2) is 9.06. The number of halogens is 3. The van der Waals surface area contributed by atoms with E-state index in [2.05, 4.69) is 34.4 Å². The molecule has 0 spiro atoms. The minimum Gasteiger partial charge on any atom is -0.378 e. The number of nitriles is 1. The molecule has 0 bridgehead atoms. The Hall–Kier alpha value is -2.93. The minimum atomic E-state index is -4.59. The number of aromatic nitrogens is 2. The Morgan fingerprint density at radius 3 is 2.58 bits per heavy atom. The molecule has 0 aromatic carbocycles. The normalized spacial score (nSPS) is 23.5. The van der Waals surface area contributed by atoms with Gasteiger partial charge in [-0.3, -0.25) is 0 Å². The van der Waals surface area contributed by atoms with Gasteiger partial charge in [-0.1, -0.05) is 19.9 Å². The molecule has 168 valence electrons. The fourth-order valence-electron chi connectivity index (χ4n) is 3.54. The molecule has 1 saturated carbocycles. The van der Waals surface area contributed by atoms with Crippen LogP contribution in [-0.4, -0.2) is 47.7 Å². The maximum absolute atomic E-state index is 13.3. The van der Waals surface area contributed by atoms with Crippen molar-refractivity contribution in [2.75, 3.05) is 24.3 Å². The summed E-state index contributed by atoms with van der Waals surface area (Å²) in [5.41, 5.74) is -1.28. The minimum absolute atomic E-state index is 0.00856. The molecule has 0 aliphatic heterocycles. The number of alkyl halides is 3. The highest BCUT2D eigenvalue weighted by Gasteiger charge is 2.58. The number of nitrogens with zero attached hydrogens (tertiary/aromatic N) is 3. The largest absolute Gasteiger partial charge is 0.416 e. The van der Waals surface area contributed by atoms with E-state index in [0.717, 1.165) is 0 Å². The van der Waals surface area contributed by atoms with Crippen molar-refractivity contribution in [2.24, 2.45) is 5.41 Å². The molecule has 1 fully saturated rings. The number of hydrogen-bond acceptors (Lipinski definition) is 7. The molecular formula is C21H27F3N6O. The summed E-state index contributed by atoms with van der Waals surface area (Å²) in [6.07, 6.45) is 0.0620. The molecule has 1 aliphatic rings. The SMILES string of the molecule is C/C=C(CNc1ncc(C#N)c(NC2CC(C)(OC)C2(C)C)n1)\C(=C/C=N)C(F)(F)F. The number of methoxy groups -OCH3 is 1. The van der Waals surface area contributed by atoms with Crippen LogP contribution in [0.4, 0.5) is 24.9 Å². The molecule has 31 heavy (non-hydrogen) atoms. The molecule has 10 heteroatoms. The van der Waals surface area contributed by atoms with Crippen molar-refractivity contribution in [1.29, 1.82) is 10.7 Å². The number of nitrogens with one attached hydrogen (secondary N) is 3. The highest BCUT2D eigenvalue weighted by molar-refractivity contribution is 5.71. The lowest BCUT2D eigenvalue weighted by Gasteiger charge is -2.59. The van der Waals surface area contributed by atoms with Gasteiger partial charge in [0.05, 0.1) is 17.4 Å². The van der Waals surface area contributed by atoms with Crippen LogP contribution in [0.5, 0.6) is 0 Å². The second-order valence-electron chi connectivity index (χ2n) is 8.04. The maximum Gasteiger partial charge on any atom is 0.416 e. The van der Waals surface area contributed by atoms with E-state index >= 15 is 0 Å². The zero-order valence-electron chi connectivity index (χ0n) is 18.2. The van der Waals surface area contributed by atoms with Crippen molar-refractivity contribution in [3.8, 4) is 6.07 Å². The van der Waals surface area contributed by atoms with Crippen LogP contribution in [0.2, 0.25) is 0 Å². The van der Waals surface area contributed by atoms with Crippen molar-refractivity contribution < 1.29 is 17.9 Å². The van der Waals surface area contributed by atoms with Gasteiger partial charge in [0.2, 0.25) is 5.95 Å². The molecule has 2 unspecified atom stereocenters. The van der Waals surface area contributed by atoms with Gasteiger partial charge >= 0.3 is 6.18 Å². The number of hydrogen-bond donors (Lipinski definition) is 3. The number of anilines is 2. The van der Waals surface area contributed by atoms with E-state index < -0.39 is 11.7 Å².